The third kappa shape index (κ3) is 5.39. The van der Waals surface area contributed by atoms with Crippen molar-refractivity contribution in [1.82, 2.24) is 0 Å². The average molecular weight is 406 g/mol. The van der Waals surface area contributed by atoms with Crippen LogP contribution in [0.25, 0.3) is 6.08 Å². The molecule has 3 rings (SSSR count). The highest BCUT2D eigenvalue weighted by Gasteiger charge is 2.21. The van der Waals surface area contributed by atoms with Gasteiger partial charge < -0.3 is 19.5 Å². The quantitative estimate of drug-likeness (QED) is 0.558. The van der Waals surface area contributed by atoms with Crippen LogP contribution in [0.15, 0.2) is 42.5 Å². The van der Waals surface area contributed by atoms with Crippen molar-refractivity contribution in [1.29, 1.82) is 5.26 Å². The van der Waals surface area contributed by atoms with Gasteiger partial charge in [-0.25, -0.2) is 4.79 Å². The summed E-state index contributed by atoms with van der Waals surface area (Å²) in [6, 6.07) is 12.1. The molecule has 1 heterocycles. The maximum atomic E-state index is 12.0. The van der Waals surface area contributed by atoms with Crippen LogP contribution in [0.4, 0.5) is 5.69 Å². The molecule has 1 N–H and O–H groups in total. The van der Waals surface area contributed by atoms with E-state index in [1.54, 1.807) is 30.3 Å². The first-order chi connectivity index (χ1) is 14.5. The molecule has 30 heavy (non-hydrogen) atoms. The molecule has 0 saturated heterocycles. The molecule has 0 saturated carbocycles. The number of benzene rings is 2. The first-order valence-corrected chi connectivity index (χ1v) is 9.59. The van der Waals surface area contributed by atoms with Crippen LogP contribution in [0.1, 0.15) is 30.5 Å². The summed E-state index contributed by atoms with van der Waals surface area (Å²) < 4.78 is 16.4. The van der Waals surface area contributed by atoms with E-state index in [0.29, 0.717) is 29.2 Å². The minimum absolute atomic E-state index is 0.105. The molecule has 1 amide bonds. The standard InChI is InChI=1S/C23H22N2O5/c1-3-28-20-12-18-10-15(2)30-21(18)11-17(20)6-9-23(27)29-14-22(26)25-19-7-4-16(13-24)5-8-19/h4-9,11-12,15H,3,10,14H2,1-2H3,(H,25,26)/b9-6+/t15-/m1/s1. The van der Waals surface area contributed by atoms with E-state index in [0.717, 1.165) is 17.7 Å². The number of nitrogens with one attached hydrogen (secondary N) is 1. The molecule has 0 unspecified atom stereocenters. The van der Waals surface area contributed by atoms with Crippen LogP contribution in [0.3, 0.4) is 0 Å². The lowest BCUT2D eigenvalue weighted by Gasteiger charge is -2.10. The highest BCUT2D eigenvalue weighted by Crippen LogP contribution is 2.35. The maximum Gasteiger partial charge on any atom is 0.331 e. The van der Waals surface area contributed by atoms with Crippen molar-refractivity contribution in [2.24, 2.45) is 0 Å². The number of anilines is 1. The predicted molar refractivity (Wildman–Crippen MR) is 111 cm³/mol. The predicted octanol–water partition coefficient (Wildman–Crippen LogP) is 3.48. The average Bonchev–Trinajstić information content (AvgIpc) is 3.10. The van der Waals surface area contributed by atoms with Gasteiger partial charge >= 0.3 is 5.97 Å². The molecule has 1 aliphatic heterocycles. The van der Waals surface area contributed by atoms with Gasteiger partial charge in [0.05, 0.1) is 18.2 Å². The third-order valence-corrected chi connectivity index (χ3v) is 4.37. The highest BCUT2D eigenvalue weighted by atomic mass is 16.5. The molecule has 0 radical (unpaired) electrons. The Hall–Kier alpha value is -3.79. The van der Waals surface area contributed by atoms with Gasteiger partial charge in [-0.15, -0.1) is 0 Å². The first kappa shape index (κ1) is 20.9. The van der Waals surface area contributed by atoms with Gasteiger partial charge in [0, 0.05) is 29.3 Å². The van der Waals surface area contributed by atoms with Crippen molar-refractivity contribution >= 4 is 23.6 Å². The van der Waals surface area contributed by atoms with E-state index >= 15 is 0 Å². The Morgan fingerprint density at radius 3 is 2.77 bits per heavy atom. The molecule has 1 aliphatic rings. The lowest BCUT2D eigenvalue weighted by Crippen LogP contribution is -2.20. The zero-order valence-corrected chi connectivity index (χ0v) is 16.8. The number of amides is 1. The van der Waals surface area contributed by atoms with Gasteiger partial charge in [-0.05, 0) is 56.3 Å². The number of hydrogen-bond donors (Lipinski definition) is 1. The van der Waals surface area contributed by atoms with E-state index in [9.17, 15) is 9.59 Å². The fourth-order valence-corrected chi connectivity index (χ4v) is 3.03. The number of esters is 1. The number of ether oxygens (including phenoxy) is 3. The number of rotatable bonds is 7. The number of nitriles is 1. The van der Waals surface area contributed by atoms with Crippen molar-refractivity contribution in [2.75, 3.05) is 18.5 Å². The molecule has 0 bridgehead atoms. The fraction of sp³-hybridized carbons (Fsp3) is 0.261. The summed E-state index contributed by atoms with van der Waals surface area (Å²) in [5.74, 6) is 0.316. The van der Waals surface area contributed by atoms with Gasteiger partial charge in [0.25, 0.3) is 5.91 Å². The third-order valence-electron chi connectivity index (χ3n) is 4.37. The van der Waals surface area contributed by atoms with Crippen molar-refractivity contribution in [3.05, 3.63) is 59.2 Å². The Morgan fingerprint density at radius 1 is 1.30 bits per heavy atom. The van der Waals surface area contributed by atoms with Gasteiger partial charge in [-0.3, -0.25) is 4.79 Å². The summed E-state index contributed by atoms with van der Waals surface area (Å²) >= 11 is 0. The smallest absolute Gasteiger partial charge is 0.331 e. The molecule has 0 spiro atoms. The Bertz CT molecular complexity index is 1010. The molecule has 0 fully saturated rings. The van der Waals surface area contributed by atoms with Crippen LogP contribution in [-0.4, -0.2) is 31.2 Å². The zero-order valence-electron chi connectivity index (χ0n) is 16.8. The molecule has 2 aromatic carbocycles. The zero-order chi connectivity index (χ0) is 21.5. The van der Waals surface area contributed by atoms with Crippen molar-refractivity contribution < 1.29 is 23.8 Å². The molecular formula is C23H22N2O5. The Morgan fingerprint density at radius 2 is 2.07 bits per heavy atom. The van der Waals surface area contributed by atoms with Gasteiger partial charge in [0.2, 0.25) is 0 Å². The van der Waals surface area contributed by atoms with E-state index in [4.69, 9.17) is 19.5 Å². The maximum absolute atomic E-state index is 12.0. The second-order valence-corrected chi connectivity index (χ2v) is 6.74. The fourth-order valence-electron chi connectivity index (χ4n) is 3.03. The van der Waals surface area contributed by atoms with Gasteiger partial charge in [-0.2, -0.15) is 5.26 Å². The molecule has 2 aromatic rings. The number of fused-ring (bicyclic) bond motifs is 1. The van der Waals surface area contributed by atoms with Crippen molar-refractivity contribution in [3.8, 4) is 17.6 Å². The van der Waals surface area contributed by atoms with Crippen LogP contribution < -0.4 is 14.8 Å². The van der Waals surface area contributed by atoms with Gasteiger partial charge in [0.1, 0.15) is 17.6 Å². The summed E-state index contributed by atoms with van der Waals surface area (Å²) in [4.78, 5) is 23.9. The Labute approximate surface area is 174 Å². The van der Waals surface area contributed by atoms with Crippen LogP contribution in [0.5, 0.6) is 11.5 Å². The summed E-state index contributed by atoms with van der Waals surface area (Å²) in [7, 11) is 0. The van der Waals surface area contributed by atoms with Crippen LogP contribution in [0.2, 0.25) is 0 Å². The number of carbonyl (C=O) groups is 2. The second-order valence-electron chi connectivity index (χ2n) is 6.74. The molecule has 7 nitrogen and oxygen atoms in total. The summed E-state index contributed by atoms with van der Waals surface area (Å²) in [5, 5.41) is 11.4. The monoisotopic (exact) mass is 406 g/mol. The highest BCUT2D eigenvalue weighted by molar-refractivity contribution is 5.94. The van der Waals surface area contributed by atoms with E-state index < -0.39 is 18.5 Å². The van der Waals surface area contributed by atoms with Crippen LogP contribution >= 0.6 is 0 Å². The van der Waals surface area contributed by atoms with Crippen molar-refractivity contribution in [3.63, 3.8) is 0 Å². The van der Waals surface area contributed by atoms with Gasteiger partial charge in [0.15, 0.2) is 6.61 Å². The second kappa shape index (κ2) is 9.61. The summed E-state index contributed by atoms with van der Waals surface area (Å²) in [5.41, 5.74) is 2.77. The van der Waals surface area contributed by atoms with Crippen LogP contribution in [-0.2, 0) is 20.7 Å². The molecule has 154 valence electrons. The Kier molecular flexibility index (Phi) is 6.71. The van der Waals surface area contributed by atoms with E-state index in [2.05, 4.69) is 5.32 Å². The minimum atomic E-state index is -0.651. The van der Waals surface area contributed by atoms with Crippen molar-refractivity contribution in [2.45, 2.75) is 26.4 Å². The van der Waals surface area contributed by atoms with E-state index in [-0.39, 0.29) is 6.10 Å². The molecule has 1 atom stereocenters. The molecule has 0 aliphatic carbocycles. The summed E-state index contributed by atoms with van der Waals surface area (Å²) in [6.07, 6.45) is 3.75. The number of hydrogen-bond acceptors (Lipinski definition) is 6. The Balaban J connectivity index is 1.57. The summed E-state index contributed by atoms with van der Waals surface area (Å²) in [6.45, 7) is 3.96. The SMILES string of the molecule is CCOc1cc2c(cc1/C=C/C(=O)OCC(=O)Nc1ccc(C#N)cc1)O[C@H](C)C2. The van der Waals surface area contributed by atoms with E-state index in [1.807, 2.05) is 32.0 Å². The lowest BCUT2D eigenvalue weighted by molar-refractivity contribution is -0.142. The topological polar surface area (TPSA) is 97.6 Å². The number of nitrogens with zero attached hydrogens (tertiary/aromatic N) is 1. The van der Waals surface area contributed by atoms with E-state index in [1.165, 1.54) is 6.08 Å². The van der Waals surface area contributed by atoms with Gasteiger partial charge in [-0.1, -0.05) is 0 Å². The molecular weight excluding hydrogens is 384 g/mol. The largest absolute Gasteiger partial charge is 0.493 e. The lowest BCUT2D eigenvalue weighted by atomic mass is 10.1. The minimum Gasteiger partial charge on any atom is -0.493 e. The molecule has 7 heteroatoms. The van der Waals surface area contributed by atoms with Crippen LogP contribution in [0, 0.1) is 11.3 Å². The first-order valence-electron chi connectivity index (χ1n) is 9.59. The normalized spacial score (nSPS) is 14.5. The molecule has 0 aromatic heterocycles. The number of carbonyl (C=O) groups excluding carboxylic acids is 2.